The molecular weight excluding hydrogens is 252 g/mol. The SMILES string of the molecule is CCCCCCC[C@H](O)[C@@H](O)CC#CC#CC(=O)CC. The van der Waals surface area contributed by atoms with Crippen molar-refractivity contribution in [1.82, 2.24) is 0 Å². The van der Waals surface area contributed by atoms with Gasteiger partial charge in [0.05, 0.1) is 12.2 Å². The Morgan fingerprint density at radius 3 is 2.35 bits per heavy atom. The van der Waals surface area contributed by atoms with Crippen LogP contribution in [0.25, 0.3) is 0 Å². The Balaban J connectivity index is 3.84. The summed E-state index contributed by atoms with van der Waals surface area (Å²) in [5, 5.41) is 19.5. The fourth-order valence-corrected chi connectivity index (χ4v) is 1.67. The van der Waals surface area contributed by atoms with Gasteiger partial charge in [-0.05, 0) is 24.2 Å². The van der Waals surface area contributed by atoms with Crippen LogP contribution in [0.4, 0.5) is 0 Å². The maximum atomic E-state index is 10.9. The fraction of sp³-hybridized carbons (Fsp3) is 0.706. The van der Waals surface area contributed by atoms with Crippen molar-refractivity contribution in [2.24, 2.45) is 0 Å². The first kappa shape index (κ1) is 18.7. The largest absolute Gasteiger partial charge is 0.390 e. The van der Waals surface area contributed by atoms with Crippen LogP contribution in [0.2, 0.25) is 0 Å². The van der Waals surface area contributed by atoms with Crippen LogP contribution in [0, 0.1) is 23.7 Å². The van der Waals surface area contributed by atoms with Gasteiger partial charge in [-0.2, -0.15) is 0 Å². The van der Waals surface area contributed by atoms with E-state index < -0.39 is 12.2 Å². The Bertz CT molecular complexity index is 379. The zero-order valence-corrected chi connectivity index (χ0v) is 12.6. The second-order valence-corrected chi connectivity index (χ2v) is 4.87. The van der Waals surface area contributed by atoms with Gasteiger partial charge in [0.15, 0.2) is 0 Å². The van der Waals surface area contributed by atoms with Crippen molar-refractivity contribution in [3.8, 4) is 23.7 Å². The van der Waals surface area contributed by atoms with E-state index in [2.05, 4.69) is 30.6 Å². The van der Waals surface area contributed by atoms with E-state index in [0.717, 1.165) is 12.8 Å². The minimum absolute atomic E-state index is 0.146. The molecule has 0 aromatic heterocycles. The van der Waals surface area contributed by atoms with Gasteiger partial charge < -0.3 is 10.2 Å². The third-order valence-electron chi connectivity index (χ3n) is 3.03. The summed E-state index contributed by atoms with van der Waals surface area (Å²) in [5.41, 5.74) is 0. The predicted molar refractivity (Wildman–Crippen MR) is 80.9 cm³/mol. The summed E-state index contributed by atoms with van der Waals surface area (Å²) < 4.78 is 0. The number of hydrogen-bond acceptors (Lipinski definition) is 3. The zero-order valence-electron chi connectivity index (χ0n) is 12.6. The smallest absolute Gasteiger partial charge is 0.206 e. The molecule has 0 saturated carbocycles. The van der Waals surface area contributed by atoms with Crippen molar-refractivity contribution in [1.29, 1.82) is 0 Å². The van der Waals surface area contributed by atoms with Crippen LogP contribution >= 0.6 is 0 Å². The Kier molecular flexibility index (Phi) is 11.9. The van der Waals surface area contributed by atoms with E-state index in [1.807, 2.05) is 0 Å². The number of carbonyl (C=O) groups excluding carboxylic acids is 1. The number of rotatable bonds is 9. The minimum atomic E-state index is -0.836. The van der Waals surface area contributed by atoms with E-state index >= 15 is 0 Å². The summed E-state index contributed by atoms with van der Waals surface area (Å²) in [5.74, 6) is 9.87. The highest BCUT2D eigenvalue weighted by Crippen LogP contribution is 2.10. The minimum Gasteiger partial charge on any atom is -0.390 e. The van der Waals surface area contributed by atoms with Crippen LogP contribution < -0.4 is 0 Å². The zero-order chi connectivity index (χ0) is 15.2. The van der Waals surface area contributed by atoms with Gasteiger partial charge >= 0.3 is 0 Å². The van der Waals surface area contributed by atoms with E-state index in [9.17, 15) is 15.0 Å². The van der Waals surface area contributed by atoms with Crippen molar-refractivity contribution < 1.29 is 15.0 Å². The highest BCUT2D eigenvalue weighted by molar-refractivity contribution is 5.95. The number of unbranched alkanes of at least 4 members (excludes halogenated alkanes) is 4. The summed E-state index contributed by atoms with van der Waals surface area (Å²) in [4.78, 5) is 10.9. The lowest BCUT2D eigenvalue weighted by Crippen LogP contribution is -2.25. The molecule has 0 aliphatic heterocycles. The molecule has 0 aromatic carbocycles. The quantitative estimate of drug-likeness (QED) is 0.387. The molecule has 0 aliphatic rings. The Hall–Kier alpha value is -1.29. The van der Waals surface area contributed by atoms with Crippen LogP contribution in [-0.4, -0.2) is 28.2 Å². The second-order valence-electron chi connectivity index (χ2n) is 4.87. The van der Waals surface area contributed by atoms with Crippen molar-refractivity contribution in [2.45, 2.75) is 77.4 Å². The lowest BCUT2D eigenvalue weighted by molar-refractivity contribution is -0.113. The first-order valence-electron chi connectivity index (χ1n) is 7.49. The summed E-state index contributed by atoms with van der Waals surface area (Å²) in [7, 11) is 0. The van der Waals surface area contributed by atoms with Gasteiger partial charge in [-0.25, -0.2) is 0 Å². The van der Waals surface area contributed by atoms with Crippen LogP contribution in [0.3, 0.4) is 0 Å². The molecule has 2 N–H and O–H groups in total. The molecule has 0 heterocycles. The number of Topliss-reactive ketones (excluding diaryl/α,β-unsaturated/α-hetero) is 1. The van der Waals surface area contributed by atoms with Crippen LogP contribution in [0.15, 0.2) is 0 Å². The van der Waals surface area contributed by atoms with Crippen molar-refractivity contribution >= 4 is 5.78 Å². The van der Waals surface area contributed by atoms with Crippen LogP contribution in [0.5, 0.6) is 0 Å². The summed E-state index contributed by atoms with van der Waals surface area (Å²) in [6, 6.07) is 0. The first-order chi connectivity index (χ1) is 9.61. The molecule has 20 heavy (non-hydrogen) atoms. The molecule has 0 aliphatic carbocycles. The summed E-state index contributed by atoms with van der Waals surface area (Å²) >= 11 is 0. The van der Waals surface area contributed by atoms with E-state index in [1.54, 1.807) is 6.92 Å². The van der Waals surface area contributed by atoms with E-state index in [0.29, 0.717) is 12.8 Å². The Morgan fingerprint density at radius 1 is 1.00 bits per heavy atom. The third-order valence-corrected chi connectivity index (χ3v) is 3.03. The number of aliphatic hydroxyl groups is 2. The monoisotopic (exact) mass is 278 g/mol. The first-order valence-corrected chi connectivity index (χ1v) is 7.49. The molecule has 3 nitrogen and oxygen atoms in total. The topological polar surface area (TPSA) is 57.5 Å². The normalized spacial score (nSPS) is 12.6. The average molecular weight is 278 g/mol. The molecule has 112 valence electrons. The van der Waals surface area contributed by atoms with Gasteiger partial charge in [-0.1, -0.05) is 51.9 Å². The van der Waals surface area contributed by atoms with Gasteiger partial charge in [0, 0.05) is 12.8 Å². The maximum absolute atomic E-state index is 10.9. The number of hydrogen-bond donors (Lipinski definition) is 2. The van der Waals surface area contributed by atoms with Crippen molar-refractivity contribution in [3.63, 3.8) is 0 Å². The Morgan fingerprint density at radius 2 is 1.70 bits per heavy atom. The van der Waals surface area contributed by atoms with Gasteiger partial charge in [0.2, 0.25) is 5.78 Å². The molecule has 0 radical (unpaired) electrons. The molecule has 0 spiro atoms. The molecule has 0 fully saturated rings. The third kappa shape index (κ3) is 10.6. The fourth-order valence-electron chi connectivity index (χ4n) is 1.67. The lowest BCUT2D eigenvalue weighted by atomic mass is 10.0. The van der Waals surface area contributed by atoms with Gasteiger partial charge in [-0.3, -0.25) is 4.79 Å². The summed E-state index contributed by atoms with van der Waals surface area (Å²) in [6.07, 6.45) is 5.23. The lowest BCUT2D eigenvalue weighted by Gasteiger charge is -2.15. The molecule has 2 atom stereocenters. The highest BCUT2D eigenvalue weighted by atomic mass is 16.3. The van der Waals surface area contributed by atoms with Gasteiger partial charge in [-0.15, -0.1) is 0 Å². The summed E-state index contributed by atoms with van der Waals surface area (Å²) in [6.45, 7) is 3.90. The van der Waals surface area contributed by atoms with E-state index in [1.165, 1.54) is 19.3 Å². The molecular formula is C17H26O3. The van der Waals surface area contributed by atoms with Gasteiger partial charge in [0.1, 0.15) is 0 Å². The predicted octanol–water partition coefficient (Wildman–Crippen LogP) is 2.44. The molecule has 0 aromatic rings. The van der Waals surface area contributed by atoms with Crippen molar-refractivity contribution in [3.05, 3.63) is 0 Å². The second kappa shape index (κ2) is 12.7. The van der Waals surface area contributed by atoms with E-state index in [4.69, 9.17) is 0 Å². The van der Waals surface area contributed by atoms with Crippen LogP contribution in [0.1, 0.15) is 65.2 Å². The van der Waals surface area contributed by atoms with Crippen LogP contribution in [-0.2, 0) is 4.79 Å². The number of aliphatic hydroxyl groups excluding tert-OH is 2. The standard InChI is InChI=1S/C17H26O3/c1-3-5-6-7-10-13-16(19)17(20)14-11-8-9-12-15(18)4-2/h16-17,19-20H,3-7,10,13-14H2,1-2H3/t16-,17-/m0/s1. The molecule has 0 saturated heterocycles. The molecule has 0 unspecified atom stereocenters. The molecule has 0 rings (SSSR count). The average Bonchev–Trinajstić information content (AvgIpc) is 2.45. The molecule has 0 amide bonds. The number of carbonyl (C=O) groups is 1. The maximum Gasteiger partial charge on any atom is 0.206 e. The molecule has 3 heteroatoms. The van der Waals surface area contributed by atoms with E-state index in [-0.39, 0.29) is 12.2 Å². The highest BCUT2D eigenvalue weighted by Gasteiger charge is 2.14. The van der Waals surface area contributed by atoms with Gasteiger partial charge in [0.25, 0.3) is 0 Å². The number of ketones is 1. The Labute approximate surface area is 122 Å². The molecule has 0 bridgehead atoms. The van der Waals surface area contributed by atoms with Crippen molar-refractivity contribution in [2.75, 3.05) is 0 Å².